The summed E-state index contributed by atoms with van der Waals surface area (Å²) < 4.78 is 7.21. The highest BCUT2D eigenvalue weighted by Crippen LogP contribution is 2.29. The third kappa shape index (κ3) is 1.97. The number of rotatable bonds is 3. The van der Waals surface area contributed by atoms with Gasteiger partial charge in [0, 0.05) is 11.8 Å². The van der Waals surface area contributed by atoms with Gasteiger partial charge in [0.1, 0.15) is 11.8 Å². The van der Waals surface area contributed by atoms with E-state index in [1.807, 2.05) is 31.2 Å². The van der Waals surface area contributed by atoms with E-state index in [2.05, 4.69) is 16.2 Å². The summed E-state index contributed by atoms with van der Waals surface area (Å²) >= 11 is 0. The van der Waals surface area contributed by atoms with Gasteiger partial charge in [-0.15, -0.1) is 0 Å². The van der Waals surface area contributed by atoms with E-state index in [0.29, 0.717) is 17.9 Å². The van der Waals surface area contributed by atoms with Gasteiger partial charge in [0.2, 0.25) is 0 Å². The Balaban J connectivity index is 2.32. The van der Waals surface area contributed by atoms with Crippen molar-refractivity contribution in [3.63, 3.8) is 0 Å². The Morgan fingerprint density at radius 2 is 2.30 bits per heavy atom. The SMILES string of the molecule is CCOc1cc(-c2ccccn2)c2c(C#N)cnn2c1. The fourth-order valence-electron chi connectivity index (χ4n) is 2.14. The van der Waals surface area contributed by atoms with Crippen LogP contribution in [-0.4, -0.2) is 21.2 Å². The Morgan fingerprint density at radius 3 is 3.00 bits per heavy atom. The molecule has 3 heterocycles. The first-order valence-electron chi connectivity index (χ1n) is 6.29. The van der Waals surface area contributed by atoms with Crippen molar-refractivity contribution in [1.29, 1.82) is 5.26 Å². The van der Waals surface area contributed by atoms with E-state index >= 15 is 0 Å². The number of nitriles is 1. The second-order valence-electron chi connectivity index (χ2n) is 4.20. The molecule has 98 valence electrons. The Bertz CT molecular complexity index is 787. The van der Waals surface area contributed by atoms with Crippen LogP contribution in [-0.2, 0) is 0 Å². The molecule has 3 rings (SSSR count). The number of aromatic nitrogens is 3. The quantitative estimate of drug-likeness (QED) is 0.729. The lowest BCUT2D eigenvalue weighted by molar-refractivity contribution is 0.338. The number of pyridine rings is 2. The molecule has 0 atom stereocenters. The van der Waals surface area contributed by atoms with E-state index in [1.165, 1.54) is 0 Å². The van der Waals surface area contributed by atoms with Crippen LogP contribution >= 0.6 is 0 Å². The lowest BCUT2D eigenvalue weighted by Crippen LogP contribution is -1.97. The Labute approximate surface area is 116 Å². The fourth-order valence-corrected chi connectivity index (χ4v) is 2.14. The van der Waals surface area contributed by atoms with Crippen LogP contribution in [0, 0.1) is 11.3 Å². The van der Waals surface area contributed by atoms with Crippen LogP contribution in [0.15, 0.2) is 42.9 Å². The summed E-state index contributed by atoms with van der Waals surface area (Å²) in [6.45, 7) is 2.49. The lowest BCUT2D eigenvalue weighted by atomic mass is 10.1. The minimum atomic E-state index is 0.522. The van der Waals surface area contributed by atoms with E-state index in [1.54, 1.807) is 23.1 Å². The van der Waals surface area contributed by atoms with Crippen LogP contribution in [0.5, 0.6) is 5.75 Å². The van der Waals surface area contributed by atoms with Gasteiger partial charge in [0.15, 0.2) is 0 Å². The second-order valence-corrected chi connectivity index (χ2v) is 4.20. The number of hydrogen-bond acceptors (Lipinski definition) is 4. The van der Waals surface area contributed by atoms with Crippen molar-refractivity contribution in [3.8, 4) is 23.1 Å². The Kier molecular flexibility index (Phi) is 3.05. The highest BCUT2D eigenvalue weighted by Gasteiger charge is 2.13. The highest BCUT2D eigenvalue weighted by atomic mass is 16.5. The van der Waals surface area contributed by atoms with Gasteiger partial charge in [-0.3, -0.25) is 4.98 Å². The molecule has 3 aromatic heterocycles. The van der Waals surface area contributed by atoms with Crippen LogP contribution in [0.25, 0.3) is 16.8 Å². The summed E-state index contributed by atoms with van der Waals surface area (Å²) in [4.78, 5) is 4.35. The van der Waals surface area contributed by atoms with Crippen molar-refractivity contribution >= 4 is 5.52 Å². The summed E-state index contributed by atoms with van der Waals surface area (Å²) in [7, 11) is 0. The van der Waals surface area contributed by atoms with Gasteiger partial charge in [-0.25, -0.2) is 4.52 Å². The molecule has 0 unspecified atom stereocenters. The standard InChI is InChI=1S/C15H12N4O/c1-2-20-12-7-13(14-5-3-4-6-17-14)15-11(8-16)9-18-19(15)10-12/h3-7,9-10H,2H2,1H3. The van der Waals surface area contributed by atoms with E-state index in [9.17, 15) is 5.26 Å². The number of fused-ring (bicyclic) bond motifs is 1. The molecule has 0 aliphatic heterocycles. The van der Waals surface area contributed by atoms with Crippen LogP contribution in [0.1, 0.15) is 12.5 Å². The van der Waals surface area contributed by atoms with Crippen molar-refractivity contribution in [2.75, 3.05) is 6.61 Å². The van der Waals surface area contributed by atoms with Gasteiger partial charge in [0.05, 0.1) is 35.8 Å². The molecular formula is C15H12N4O. The fraction of sp³-hybridized carbons (Fsp3) is 0.133. The van der Waals surface area contributed by atoms with E-state index in [-0.39, 0.29) is 0 Å². The van der Waals surface area contributed by atoms with Gasteiger partial charge in [0.25, 0.3) is 0 Å². The van der Waals surface area contributed by atoms with Crippen molar-refractivity contribution in [2.24, 2.45) is 0 Å². The zero-order valence-corrected chi connectivity index (χ0v) is 10.9. The van der Waals surface area contributed by atoms with E-state index < -0.39 is 0 Å². The third-order valence-corrected chi connectivity index (χ3v) is 2.96. The maximum atomic E-state index is 9.21. The Morgan fingerprint density at radius 1 is 1.40 bits per heavy atom. The molecule has 0 aromatic carbocycles. The molecule has 0 saturated carbocycles. The van der Waals surface area contributed by atoms with Crippen LogP contribution in [0.2, 0.25) is 0 Å². The zero-order chi connectivity index (χ0) is 13.9. The molecule has 20 heavy (non-hydrogen) atoms. The summed E-state index contributed by atoms with van der Waals surface area (Å²) in [5, 5.41) is 13.4. The normalized spacial score (nSPS) is 10.4. The molecule has 0 bridgehead atoms. The minimum Gasteiger partial charge on any atom is -0.492 e. The number of nitrogens with zero attached hydrogens (tertiary/aromatic N) is 4. The summed E-state index contributed by atoms with van der Waals surface area (Å²) in [6, 6.07) is 9.72. The number of hydrogen-bond donors (Lipinski definition) is 0. The summed E-state index contributed by atoms with van der Waals surface area (Å²) in [5.41, 5.74) is 2.89. The molecule has 0 spiro atoms. The molecule has 0 radical (unpaired) electrons. The largest absolute Gasteiger partial charge is 0.492 e. The number of ether oxygens (including phenoxy) is 1. The molecule has 3 aromatic rings. The van der Waals surface area contributed by atoms with Gasteiger partial charge in [-0.2, -0.15) is 10.4 Å². The van der Waals surface area contributed by atoms with Gasteiger partial charge >= 0.3 is 0 Å². The average molecular weight is 264 g/mol. The van der Waals surface area contributed by atoms with Gasteiger partial charge in [-0.05, 0) is 25.1 Å². The zero-order valence-electron chi connectivity index (χ0n) is 10.9. The van der Waals surface area contributed by atoms with Gasteiger partial charge in [-0.1, -0.05) is 6.07 Å². The van der Waals surface area contributed by atoms with E-state index in [0.717, 1.165) is 16.8 Å². The molecule has 0 aliphatic carbocycles. The van der Waals surface area contributed by atoms with Crippen molar-refractivity contribution in [3.05, 3.63) is 48.4 Å². The van der Waals surface area contributed by atoms with Crippen molar-refractivity contribution in [2.45, 2.75) is 6.92 Å². The molecule has 0 fully saturated rings. The highest BCUT2D eigenvalue weighted by molar-refractivity contribution is 5.83. The van der Waals surface area contributed by atoms with Crippen LogP contribution in [0.3, 0.4) is 0 Å². The predicted octanol–water partition coefficient (Wildman–Crippen LogP) is 2.67. The first-order valence-corrected chi connectivity index (χ1v) is 6.29. The predicted molar refractivity (Wildman–Crippen MR) is 74.3 cm³/mol. The monoisotopic (exact) mass is 264 g/mol. The molecule has 0 saturated heterocycles. The molecule has 0 aliphatic rings. The maximum Gasteiger partial charge on any atom is 0.138 e. The maximum absolute atomic E-state index is 9.21. The van der Waals surface area contributed by atoms with Crippen LogP contribution in [0.4, 0.5) is 0 Å². The summed E-state index contributed by atoms with van der Waals surface area (Å²) in [5.74, 6) is 0.702. The third-order valence-electron chi connectivity index (χ3n) is 2.96. The average Bonchev–Trinajstić information content (AvgIpc) is 2.91. The van der Waals surface area contributed by atoms with E-state index in [4.69, 9.17) is 4.74 Å². The molecule has 5 heteroatoms. The minimum absolute atomic E-state index is 0.522. The van der Waals surface area contributed by atoms with Gasteiger partial charge < -0.3 is 4.74 Å². The van der Waals surface area contributed by atoms with Crippen molar-refractivity contribution < 1.29 is 4.74 Å². The molecule has 0 amide bonds. The molecular weight excluding hydrogens is 252 g/mol. The Hall–Kier alpha value is -2.87. The first-order chi connectivity index (χ1) is 9.83. The van der Waals surface area contributed by atoms with Crippen molar-refractivity contribution in [1.82, 2.24) is 14.6 Å². The van der Waals surface area contributed by atoms with Crippen LogP contribution < -0.4 is 4.74 Å². The smallest absolute Gasteiger partial charge is 0.138 e. The lowest BCUT2D eigenvalue weighted by Gasteiger charge is -2.08. The molecule has 5 nitrogen and oxygen atoms in total. The first kappa shape index (κ1) is 12.2. The summed E-state index contributed by atoms with van der Waals surface area (Å²) in [6.07, 6.45) is 5.05. The molecule has 0 N–H and O–H groups in total. The topological polar surface area (TPSA) is 63.2 Å². The second kappa shape index (κ2) is 5.02.